The lowest BCUT2D eigenvalue weighted by atomic mass is 10.1. The first-order valence-corrected chi connectivity index (χ1v) is 8.77. The minimum Gasteiger partial charge on any atom is -0.398 e. The van der Waals surface area contributed by atoms with Crippen LogP contribution in [0, 0.1) is 0 Å². The van der Waals surface area contributed by atoms with Gasteiger partial charge in [-0.1, -0.05) is 42.5 Å². The van der Waals surface area contributed by atoms with Gasteiger partial charge in [0.2, 0.25) is 0 Å². The first-order chi connectivity index (χ1) is 12.7. The van der Waals surface area contributed by atoms with E-state index in [1.54, 1.807) is 18.2 Å². The van der Waals surface area contributed by atoms with Crippen LogP contribution in [0.1, 0.15) is 22.8 Å². The highest BCUT2D eigenvalue weighted by atomic mass is 16.1. The average Bonchev–Trinajstić information content (AvgIpc) is 2.99. The Morgan fingerprint density at radius 3 is 2.50 bits per heavy atom. The van der Waals surface area contributed by atoms with E-state index in [4.69, 9.17) is 5.73 Å². The normalized spacial score (nSPS) is 11.6. The SMILES string of the molecule is CCn1c2ccccc2c2cc(/C=C/C(=O)c3ccccc3N)ccc21. The summed E-state index contributed by atoms with van der Waals surface area (Å²) in [4.78, 5) is 12.4. The molecule has 1 heterocycles. The zero-order valence-electron chi connectivity index (χ0n) is 14.6. The Morgan fingerprint density at radius 1 is 0.962 bits per heavy atom. The lowest BCUT2D eigenvalue weighted by Crippen LogP contribution is -1.99. The van der Waals surface area contributed by atoms with Crippen LogP contribution in [0.5, 0.6) is 0 Å². The van der Waals surface area contributed by atoms with Crippen LogP contribution in [0.15, 0.2) is 72.8 Å². The van der Waals surface area contributed by atoms with E-state index in [1.807, 2.05) is 24.3 Å². The molecule has 4 aromatic rings. The van der Waals surface area contributed by atoms with Gasteiger partial charge in [0.15, 0.2) is 5.78 Å². The maximum Gasteiger partial charge on any atom is 0.187 e. The van der Waals surface area contributed by atoms with Crippen molar-refractivity contribution in [2.45, 2.75) is 13.5 Å². The van der Waals surface area contributed by atoms with Crippen molar-refractivity contribution < 1.29 is 4.79 Å². The number of aromatic nitrogens is 1. The zero-order chi connectivity index (χ0) is 18.1. The van der Waals surface area contributed by atoms with Crippen molar-refractivity contribution in [3.8, 4) is 0 Å². The number of aryl methyl sites for hydroxylation is 1. The van der Waals surface area contributed by atoms with E-state index in [9.17, 15) is 4.79 Å². The molecule has 0 aliphatic carbocycles. The molecule has 0 aliphatic rings. The van der Waals surface area contributed by atoms with Crippen molar-refractivity contribution in [1.29, 1.82) is 0 Å². The third-order valence-corrected chi connectivity index (χ3v) is 4.77. The van der Waals surface area contributed by atoms with Crippen LogP contribution in [0.3, 0.4) is 0 Å². The number of para-hydroxylation sites is 2. The number of carbonyl (C=O) groups excluding carboxylic acids is 1. The Hall–Kier alpha value is -3.33. The predicted molar refractivity (Wildman–Crippen MR) is 109 cm³/mol. The fourth-order valence-corrected chi connectivity index (χ4v) is 3.50. The molecule has 2 N–H and O–H groups in total. The highest BCUT2D eigenvalue weighted by molar-refractivity contribution is 6.11. The van der Waals surface area contributed by atoms with Crippen molar-refractivity contribution in [2.24, 2.45) is 0 Å². The standard InChI is InChI=1S/C23H20N2O/c1-2-25-21-10-6-4-7-17(21)19-15-16(11-13-22(19)25)12-14-23(26)18-8-3-5-9-20(18)24/h3-15H,2,24H2,1H3/b14-12+. The van der Waals surface area contributed by atoms with Gasteiger partial charge in [-0.15, -0.1) is 0 Å². The molecular weight excluding hydrogens is 320 g/mol. The van der Waals surface area contributed by atoms with Crippen LogP contribution < -0.4 is 5.73 Å². The molecule has 0 saturated heterocycles. The summed E-state index contributed by atoms with van der Waals surface area (Å²) < 4.78 is 2.31. The maximum atomic E-state index is 12.4. The number of nitrogen functional groups attached to an aromatic ring is 1. The number of anilines is 1. The van der Waals surface area contributed by atoms with E-state index in [0.717, 1.165) is 12.1 Å². The van der Waals surface area contributed by atoms with Gasteiger partial charge in [0.05, 0.1) is 0 Å². The molecule has 3 aromatic carbocycles. The highest BCUT2D eigenvalue weighted by Gasteiger charge is 2.09. The smallest absolute Gasteiger partial charge is 0.187 e. The van der Waals surface area contributed by atoms with Crippen molar-refractivity contribution in [2.75, 3.05) is 5.73 Å². The summed E-state index contributed by atoms with van der Waals surface area (Å²) >= 11 is 0. The van der Waals surface area contributed by atoms with E-state index in [2.05, 4.69) is 47.9 Å². The lowest BCUT2D eigenvalue weighted by molar-refractivity contribution is 0.104. The number of hydrogen-bond acceptors (Lipinski definition) is 2. The number of ketones is 1. The number of rotatable bonds is 4. The molecule has 0 atom stereocenters. The molecule has 0 unspecified atom stereocenters. The second-order valence-electron chi connectivity index (χ2n) is 6.32. The summed E-state index contributed by atoms with van der Waals surface area (Å²) in [6.07, 6.45) is 3.44. The van der Waals surface area contributed by atoms with E-state index in [1.165, 1.54) is 21.8 Å². The van der Waals surface area contributed by atoms with E-state index >= 15 is 0 Å². The van der Waals surface area contributed by atoms with Gasteiger partial charge in [-0.05, 0) is 48.9 Å². The van der Waals surface area contributed by atoms with Gasteiger partial charge in [0.25, 0.3) is 0 Å². The summed E-state index contributed by atoms with van der Waals surface area (Å²) in [6.45, 7) is 3.08. The summed E-state index contributed by atoms with van der Waals surface area (Å²) in [5, 5.41) is 2.44. The molecule has 4 rings (SSSR count). The van der Waals surface area contributed by atoms with Gasteiger partial charge in [-0.3, -0.25) is 4.79 Å². The van der Waals surface area contributed by atoms with Gasteiger partial charge in [-0.2, -0.15) is 0 Å². The minimum atomic E-state index is -0.0841. The number of nitrogens with two attached hydrogens (primary N) is 1. The monoisotopic (exact) mass is 340 g/mol. The molecule has 1 aromatic heterocycles. The second kappa shape index (κ2) is 6.52. The van der Waals surface area contributed by atoms with Crippen molar-refractivity contribution >= 4 is 39.4 Å². The van der Waals surface area contributed by atoms with Crippen LogP contribution in [-0.4, -0.2) is 10.4 Å². The Balaban J connectivity index is 1.75. The molecule has 0 fully saturated rings. The van der Waals surface area contributed by atoms with Gasteiger partial charge in [-0.25, -0.2) is 0 Å². The minimum absolute atomic E-state index is 0.0841. The Morgan fingerprint density at radius 2 is 1.69 bits per heavy atom. The number of benzene rings is 3. The summed E-state index contributed by atoms with van der Waals surface area (Å²) in [7, 11) is 0. The van der Waals surface area contributed by atoms with Gasteiger partial charge in [0.1, 0.15) is 0 Å². The Kier molecular flexibility index (Phi) is 4.05. The third-order valence-electron chi connectivity index (χ3n) is 4.77. The largest absolute Gasteiger partial charge is 0.398 e. The van der Waals surface area contributed by atoms with E-state index < -0.39 is 0 Å². The highest BCUT2D eigenvalue weighted by Crippen LogP contribution is 2.30. The van der Waals surface area contributed by atoms with Crippen LogP contribution in [-0.2, 0) is 6.54 Å². The first kappa shape index (κ1) is 16.2. The van der Waals surface area contributed by atoms with Crippen molar-refractivity contribution in [1.82, 2.24) is 4.57 Å². The number of carbonyl (C=O) groups is 1. The van der Waals surface area contributed by atoms with Gasteiger partial charge >= 0.3 is 0 Å². The molecule has 26 heavy (non-hydrogen) atoms. The quantitative estimate of drug-likeness (QED) is 0.312. The topological polar surface area (TPSA) is 48.0 Å². The lowest BCUT2D eigenvalue weighted by Gasteiger charge is -2.03. The number of hydrogen-bond donors (Lipinski definition) is 1. The van der Waals surface area contributed by atoms with Crippen LogP contribution in [0.2, 0.25) is 0 Å². The second-order valence-corrected chi connectivity index (χ2v) is 6.32. The Bertz CT molecular complexity index is 1150. The molecule has 0 bridgehead atoms. The molecule has 128 valence electrons. The summed E-state index contributed by atoms with van der Waals surface area (Å²) in [5.74, 6) is -0.0841. The predicted octanol–water partition coefficient (Wildman–Crippen LogP) is 5.29. The fraction of sp³-hybridized carbons (Fsp3) is 0.0870. The number of nitrogens with zero attached hydrogens (tertiary/aromatic N) is 1. The first-order valence-electron chi connectivity index (χ1n) is 8.77. The van der Waals surface area contributed by atoms with Crippen LogP contribution >= 0.6 is 0 Å². The molecular formula is C23H20N2O. The van der Waals surface area contributed by atoms with Gasteiger partial charge in [0, 0.05) is 39.6 Å². The molecule has 0 amide bonds. The molecule has 0 radical (unpaired) electrons. The van der Waals surface area contributed by atoms with Crippen LogP contribution in [0.25, 0.3) is 27.9 Å². The maximum absolute atomic E-state index is 12.4. The van der Waals surface area contributed by atoms with Crippen molar-refractivity contribution in [3.63, 3.8) is 0 Å². The molecule has 0 spiro atoms. The van der Waals surface area contributed by atoms with Crippen LogP contribution in [0.4, 0.5) is 5.69 Å². The van der Waals surface area contributed by atoms with E-state index in [-0.39, 0.29) is 5.78 Å². The van der Waals surface area contributed by atoms with Gasteiger partial charge < -0.3 is 10.3 Å². The van der Waals surface area contributed by atoms with Crippen molar-refractivity contribution in [3.05, 3.63) is 83.9 Å². The molecule has 3 heteroatoms. The average molecular weight is 340 g/mol. The molecule has 3 nitrogen and oxygen atoms in total. The summed E-state index contributed by atoms with van der Waals surface area (Å²) in [5.41, 5.74) is 10.4. The number of allylic oxidation sites excluding steroid dienone is 1. The fourth-order valence-electron chi connectivity index (χ4n) is 3.50. The van der Waals surface area contributed by atoms with E-state index in [0.29, 0.717) is 11.3 Å². The number of fused-ring (bicyclic) bond motifs is 3. The Labute approximate surface area is 152 Å². The molecule has 0 aliphatic heterocycles. The third kappa shape index (κ3) is 2.68. The zero-order valence-corrected chi connectivity index (χ0v) is 14.6. The molecule has 0 saturated carbocycles. The summed E-state index contributed by atoms with van der Waals surface area (Å²) in [6, 6.07) is 21.9.